The first-order chi connectivity index (χ1) is 8.95. The minimum absolute atomic E-state index is 0.144. The average molecular weight is 304 g/mol. The third-order valence-corrected chi connectivity index (χ3v) is 2.98. The van der Waals surface area contributed by atoms with Crippen LogP contribution in [0.1, 0.15) is 30.1 Å². The maximum absolute atomic E-state index is 12.3. The fourth-order valence-corrected chi connectivity index (χ4v) is 1.88. The normalized spacial score (nSPS) is 10.3. The summed E-state index contributed by atoms with van der Waals surface area (Å²) in [6.07, 6.45) is 2.97. The van der Waals surface area contributed by atoms with Crippen LogP contribution in [0.15, 0.2) is 12.3 Å². The molecule has 19 heavy (non-hydrogen) atoms. The Morgan fingerprint density at radius 1 is 1.42 bits per heavy atom. The van der Waals surface area contributed by atoms with E-state index >= 15 is 0 Å². The second-order valence-electron chi connectivity index (χ2n) is 4.03. The molecule has 2 amide bonds. The van der Waals surface area contributed by atoms with E-state index in [4.69, 9.17) is 28.9 Å². The Hall–Kier alpha value is -1.33. The molecule has 1 aromatic heterocycles. The van der Waals surface area contributed by atoms with E-state index in [0.29, 0.717) is 6.54 Å². The second-order valence-corrected chi connectivity index (χ2v) is 4.83. The molecule has 1 heterocycles. The van der Waals surface area contributed by atoms with Crippen LogP contribution in [0, 0.1) is 0 Å². The van der Waals surface area contributed by atoms with Crippen LogP contribution < -0.4 is 5.73 Å². The van der Waals surface area contributed by atoms with Crippen LogP contribution in [0.4, 0.5) is 0 Å². The molecule has 1 rings (SSSR count). The molecule has 0 aliphatic carbocycles. The molecule has 0 saturated heterocycles. The first kappa shape index (κ1) is 15.7. The number of pyridine rings is 1. The summed E-state index contributed by atoms with van der Waals surface area (Å²) in [7, 11) is 0. The first-order valence-corrected chi connectivity index (χ1v) is 6.60. The maximum atomic E-state index is 12.3. The summed E-state index contributed by atoms with van der Waals surface area (Å²) in [5, 5.41) is 0.364. The number of nitrogens with two attached hydrogens (primary N) is 1. The van der Waals surface area contributed by atoms with Gasteiger partial charge in [-0.05, 0) is 12.5 Å². The monoisotopic (exact) mass is 303 g/mol. The largest absolute Gasteiger partial charge is 0.368 e. The predicted molar refractivity (Wildman–Crippen MR) is 74.3 cm³/mol. The first-order valence-electron chi connectivity index (χ1n) is 5.84. The number of unbranched alkanes of at least 4 members (excludes halogenated alkanes) is 1. The van der Waals surface area contributed by atoms with Crippen molar-refractivity contribution in [2.45, 2.75) is 19.8 Å². The van der Waals surface area contributed by atoms with E-state index in [1.54, 1.807) is 0 Å². The van der Waals surface area contributed by atoms with E-state index in [1.165, 1.54) is 17.2 Å². The molecule has 2 N–H and O–H groups in total. The Balaban J connectivity index is 2.97. The molecule has 0 fully saturated rings. The Bertz CT molecular complexity index is 480. The highest BCUT2D eigenvalue weighted by Crippen LogP contribution is 2.20. The van der Waals surface area contributed by atoms with Crippen molar-refractivity contribution in [3.8, 4) is 0 Å². The summed E-state index contributed by atoms with van der Waals surface area (Å²) in [6.45, 7) is 2.28. The van der Waals surface area contributed by atoms with E-state index < -0.39 is 5.91 Å². The lowest BCUT2D eigenvalue weighted by molar-refractivity contribution is -0.118. The van der Waals surface area contributed by atoms with Gasteiger partial charge in [0.1, 0.15) is 5.15 Å². The van der Waals surface area contributed by atoms with Crippen molar-refractivity contribution in [1.82, 2.24) is 9.88 Å². The summed E-state index contributed by atoms with van der Waals surface area (Å²) in [6, 6.07) is 1.38. The number of carbonyl (C=O) groups excluding carboxylic acids is 2. The SMILES string of the molecule is CCCCN(CC(N)=O)C(=O)c1cc(Cl)ncc1Cl. The van der Waals surface area contributed by atoms with Gasteiger partial charge in [0.05, 0.1) is 17.1 Å². The van der Waals surface area contributed by atoms with Gasteiger partial charge in [0.2, 0.25) is 5.91 Å². The van der Waals surface area contributed by atoms with Crippen molar-refractivity contribution in [3.05, 3.63) is 28.0 Å². The Kier molecular flexibility index (Phi) is 6.05. The molecule has 0 aliphatic rings. The second kappa shape index (κ2) is 7.31. The zero-order chi connectivity index (χ0) is 14.4. The highest BCUT2D eigenvalue weighted by molar-refractivity contribution is 6.35. The van der Waals surface area contributed by atoms with Crippen LogP contribution in [-0.2, 0) is 4.79 Å². The van der Waals surface area contributed by atoms with Crippen molar-refractivity contribution in [3.63, 3.8) is 0 Å². The summed E-state index contributed by atoms with van der Waals surface area (Å²) in [5.41, 5.74) is 5.37. The minimum atomic E-state index is -0.569. The summed E-state index contributed by atoms with van der Waals surface area (Å²) < 4.78 is 0. The molecule has 0 aliphatic heterocycles. The fourth-order valence-electron chi connectivity index (χ4n) is 1.54. The lowest BCUT2D eigenvalue weighted by atomic mass is 10.2. The predicted octanol–water partition coefficient (Wildman–Crippen LogP) is 2.12. The number of carbonyl (C=O) groups is 2. The fraction of sp³-hybridized carbons (Fsp3) is 0.417. The number of hydrogen-bond donors (Lipinski definition) is 1. The standard InChI is InChI=1S/C12H15Cl2N3O2/c1-2-3-4-17(7-11(15)18)12(19)8-5-10(14)16-6-9(8)13/h5-6H,2-4,7H2,1H3,(H2,15,18). The molecule has 0 radical (unpaired) electrons. The third-order valence-electron chi connectivity index (χ3n) is 2.47. The molecular formula is C12H15Cl2N3O2. The van der Waals surface area contributed by atoms with Gasteiger partial charge in [-0.1, -0.05) is 36.5 Å². The van der Waals surface area contributed by atoms with Gasteiger partial charge in [-0.25, -0.2) is 4.98 Å². The molecule has 0 spiro atoms. The maximum Gasteiger partial charge on any atom is 0.256 e. The van der Waals surface area contributed by atoms with Crippen molar-refractivity contribution < 1.29 is 9.59 Å². The number of halogens is 2. The number of amides is 2. The van der Waals surface area contributed by atoms with Crippen LogP contribution in [0.5, 0.6) is 0 Å². The average Bonchev–Trinajstić information content (AvgIpc) is 2.36. The van der Waals surface area contributed by atoms with E-state index in [-0.39, 0.29) is 28.2 Å². The lowest BCUT2D eigenvalue weighted by Gasteiger charge is -2.21. The van der Waals surface area contributed by atoms with Gasteiger partial charge in [0.15, 0.2) is 0 Å². The van der Waals surface area contributed by atoms with Crippen molar-refractivity contribution in [2.75, 3.05) is 13.1 Å². The Morgan fingerprint density at radius 2 is 2.11 bits per heavy atom. The molecule has 0 unspecified atom stereocenters. The van der Waals surface area contributed by atoms with Gasteiger partial charge in [0, 0.05) is 12.7 Å². The van der Waals surface area contributed by atoms with Gasteiger partial charge in [0.25, 0.3) is 5.91 Å². The molecule has 104 valence electrons. The number of hydrogen-bond acceptors (Lipinski definition) is 3. The molecule has 0 atom stereocenters. The van der Waals surface area contributed by atoms with Gasteiger partial charge in [-0.2, -0.15) is 0 Å². The van der Waals surface area contributed by atoms with Crippen LogP contribution in [0.25, 0.3) is 0 Å². The molecule has 0 aromatic carbocycles. The van der Waals surface area contributed by atoms with Crippen molar-refractivity contribution in [2.24, 2.45) is 5.73 Å². The topological polar surface area (TPSA) is 76.3 Å². The zero-order valence-electron chi connectivity index (χ0n) is 10.5. The van der Waals surface area contributed by atoms with Gasteiger partial charge < -0.3 is 10.6 Å². The third kappa shape index (κ3) is 4.69. The molecule has 1 aromatic rings. The number of aromatic nitrogens is 1. The van der Waals surface area contributed by atoms with E-state index in [9.17, 15) is 9.59 Å². The van der Waals surface area contributed by atoms with E-state index in [0.717, 1.165) is 12.8 Å². The minimum Gasteiger partial charge on any atom is -0.368 e. The Labute approximate surface area is 121 Å². The van der Waals surface area contributed by atoms with Crippen LogP contribution in [0.2, 0.25) is 10.2 Å². The van der Waals surface area contributed by atoms with Gasteiger partial charge in [-0.15, -0.1) is 0 Å². The molecule has 0 saturated carbocycles. The van der Waals surface area contributed by atoms with Crippen LogP contribution in [0.3, 0.4) is 0 Å². The smallest absolute Gasteiger partial charge is 0.256 e. The highest BCUT2D eigenvalue weighted by atomic mass is 35.5. The summed E-state index contributed by atoms with van der Waals surface area (Å²) >= 11 is 11.7. The van der Waals surface area contributed by atoms with E-state index in [2.05, 4.69) is 4.98 Å². The van der Waals surface area contributed by atoms with Crippen molar-refractivity contribution in [1.29, 1.82) is 0 Å². The van der Waals surface area contributed by atoms with Crippen molar-refractivity contribution >= 4 is 35.0 Å². The van der Waals surface area contributed by atoms with Crippen LogP contribution >= 0.6 is 23.2 Å². The molecule has 0 bridgehead atoms. The quantitative estimate of drug-likeness (QED) is 0.818. The summed E-state index contributed by atoms with van der Waals surface area (Å²) in [4.78, 5) is 28.5. The van der Waals surface area contributed by atoms with Gasteiger partial charge >= 0.3 is 0 Å². The lowest BCUT2D eigenvalue weighted by Crippen LogP contribution is -2.39. The number of nitrogens with zero attached hydrogens (tertiary/aromatic N) is 2. The number of rotatable bonds is 6. The zero-order valence-corrected chi connectivity index (χ0v) is 12.0. The number of primary amides is 1. The molecule has 5 nitrogen and oxygen atoms in total. The molecular weight excluding hydrogens is 289 g/mol. The van der Waals surface area contributed by atoms with E-state index in [1.807, 2.05) is 6.92 Å². The van der Waals surface area contributed by atoms with Gasteiger partial charge in [-0.3, -0.25) is 9.59 Å². The molecule has 7 heteroatoms. The summed E-state index contributed by atoms with van der Waals surface area (Å²) in [5.74, 6) is -0.942. The highest BCUT2D eigenvalue weighted by Gasteiger charge is 2.20. The Morgan fingerprint density at radius 3 is 2.68 bits per heavy atom. The van der Waals surface area contributed by atoms with Crippen LogP contribution in [-0.4, -0.2) is 34.8 Å².